The van der Waals surface area contributed by atoms with Gasteiger partial charge in [0.2, 0.25) is 10.0 Å². The molecule has 8 nitrogen and oxygen atoms in total. The molecule has 2 aromatic carbocycles. The minimum Gasteiger partial charge on any atom is -0.475 e. The number of likely N-dealkylation sites (tertiary alicyclic amines) is 1. The second-order valence-electron chi connectivity index (χ2n) is 9.32. The van der Waals surface area contributed by atoms with Gasteiger partial charge in [-0.1, -0.05) is 19.8 Å². The number of hydrogen-bond acceptors (Lipinski definition) is 5. The van der Waals surface area contributed by atoms with Crippen molar-refractivity contribution >= 4 is 27.6 Å². The molecular weight excluding hydrogens is 580 g/mol. The van der Waals surface area contributed by atoms with E-state index < -0.39 is 39.8 Å². The average molecular weight is 612 g/mol. The largest absolute Gasteiger partial charge is 0.490 e. The molecule has 228 valence electrons. The summed E-state index contributed by atoms with van der Waals surface area (Å²) in [5.74, 6) is -3.31. The maximum Gasteiger partial charge on any atom is 0.490 e. The van der Waals surface area contributed by atoms with Crippen LogP contribution in [0.1, 0.15) is 54.9 Å². The number of hydrogen-bond donors (Lipinski definition) is 3. The molecule has 1 amide bonds. The van der Waals surface area contributed by atoms with Crippen LogP contribution < -0.4 is 10.0 Å². The van der Waals surface area contributed by atoms with Gasteiger partial charge in [0.25, 0.3) is 5.91 Å². The number of carboxylic acid groups (broad SMARTS) is 1. The van der Waals surface area contributed by atoms with E-state index in [-0.39, 0.29) is 22.2 Å². The number of carbonyl (C=O) groups excluding carboxylic acids is 1. The van der Waals surface area contributed by atoms with Crippen molar-refractivity contribution in [3.05, 3.63) is 59.7 Å². The van der Waals surface area contributed by atoms with Crippen LogP contribution in [-0.2, 0) is 21.0 Å². The minimum absolute atomic E-state index is 0.0571. The van der Waals surface area contributed by atoms with Crippen molar-refractivity contribution in [3.63, 3.8) is 0 Å². The molecule has 3 N–H and O–H groups in total. The summed E-state index contributed by atoms with van der Waals surface area (Å²) in [5, 5.41) is 9.63. The summed E-state index contributed by atoms with van der Waals surface area (Å²) in [7, 11) is -3.74. The molecular formula is C26H31F6N3O5S. The standard InChI is InChI=1S/C24H30F3N3O3S.C2HF3O2/c1-2-3-4-15-30-16-5-6-21(17-30)29-34(32,33)22-13-7-18(8-14-22)23(31)28-20-11-9-19(10-12-20)24(25,26)27;3-2(4,5)1(6)7/h7-14,21,29H,2-6,15-17H2,1H3,(H,28,31);(H,6,7). The zero-order valence-electron chi connectivity index (χ0n) is 22.1. The van der Waals surface area contributed by atoms with Crippen LogP contribution in [0.25, 0.3) is 0 Å². The smallest absolute Gasteiger partial charge is 0.475 e. The van der Waals surface area contributed by atoms with E-state index in [2.05, 4.69) is 21.9 Å². The van der Waals surface area contributed by atoms with Gasteiger partial charge in [-0.3, -0.25) is 4.79 Å². The first-order valence-corrected chi connectivity index (χ1v) is 14.1. The molecule has 0 radical (unpaired) electrons. The number of amides is 1. The lowest BCUT2D eigenvalue weighted by Gasteiger charge is -2.33. The van der Waals surface area contributed by atoms with Gasteiger partial charge in [-0.15, -0.1) is 0 Å². The summed E-state index contributed by atoms with van der Waals surface area (Å²) in [5.41, 5.74) is -0.412. The van der Waals surface area contributed by atoms with Crippen LogP contribution in [0.5, 0.6) is 0 Å². The average Bonchev–Trinajstić information content (AvgIpc) is 2.88. The Kier molecular flexibility index (Phi) is 12.2. The van der Waals surface area contributed by atoms with Crippen LogP contribution in [0.15, 0.2) is 53.4 Å². The van der Waals surface area contributed by atoms with E-state index in [1.807, 2.05) is 0 Å². The molecule has 2 aromatic rings. The molecule has 0 aliphatic carbocycles. The third-order valence-electron chi connectivity index (χ3n) is 6.04. The van der Waals surface area contributed by atoms with Crippen molar-refractivity contribution in [2.45, 2.75) is 62.3 Å². The number of alkyl halides is 6. The van der Waals surface area contributed by atoms with Crippen LogP contribution >= 0.6 is 0 Å². The summed E-state index contributed by atoms with van der Waals surface area (Å²) < 4.78 is 98.2. The lowest BCUT2D eigenvalue weighted by molar-refractivity contribution is -0.192. The number of aliphatic carboxylic acids is 1. The van der Waals surface area contributed by atoms with Gasteiger partial charge in [-0.05, 0) is 80.9 Å². The number of piperidine rings is 1. The summed E-state index contributed by atoms with van der Waals surface area (Å²) in [6, 6.07) is 9.40. The molecule has 1 unspecified atom stereocenters. The quantitative estimate of drug-likeness (QED) is 0.254. The third kappa shape index (κ3) is 11.3. The number of sulfonamides is 1. The number of carbonyl (C=O) groups is 2. The second-order valence-corrected chi connectivity index (χ2v) is 11.0. The van der Waals surface area contributed by atoms with Crippen molar-refractivity contribution < 1.29 is 49.5 Å². The van der Waals surface area contributed by atoms with Gasteiger partial charge in [0.1, 0.15) is 0 Å². The van der Waals surface area contributed by atoms with Crippen LogP contribution in [-0.4, -0.2) is 62.2 Å². The molecule has 1 atom stereocenters. The van der Waals surface area contributed by atoms with Gasteiger partial charge in [-0.25, -0.2) is 17.9 Å². The van der Waals surface area contributed by atoms with Gasteiger partial charge in [0.15, 0.2) is 0 Å². The molecule has 3 rings (SSSR count). The maximum atomic E-state index is 12.8. The number of nitrogens with one attached hydrogen (secondary N) is 2. The Labute approximate surface area is 233 Å². The molecule has 1 aliphatic rings. The molecule has 0 aromatic heterocycles. The summed E-state index contributed by atoms with van der Waals surface area (Å²) in [6.07, 6.45) is -4.43. The van der Waals surface area contributed by atoms with E-state index in [0.29, 0.717) is 6.54 Å². The van der Waals surface area contributed by atoms with E-state index >= 15 is 0 Å². The Morgan fingerprint density at radius 2 is 1.56 bits per heavy atom. The predicted octanol–water partition coefficient (Wildman–Crippen LogP) is 5.52. The summed E-state index contributed by atoms with van der Waals surface area (Å²) in [4.78, 5) is 23.7. The van der Waals surface area contributed by atoms with Gasteiger partial charge in [-0.2, -0.15) is 26.3 Å². The summed E-state index contributed by atoms with van der Waals surface area (Å²) >= 11 is 0. The Morgan fingerprint density at radius 1 is 0.976 bits per heavy atom. The molecule has 15 heteroatoms. The molecule has 0 spiro atoms. The zero-order chi connectivity index (χ0) is 30.8. The monoisotopic (exact) mass is 611 g/mol. The highest BCUT2D eigenvalue weighted by Gasteiger charge is 2.38. The molecule has 41 heavy (non-hydrogen) atoms. The number of anilines is 1. The fourth-order valence-electron chi connectivity index (χ4n) is 3.96. The Morgan fingerprint density at radius 3 is 2.07 bits per heavy atom. The van der Waals surface area contributed by atoms with Crippen molar-refractivity contribution in [2.24, 2.45) is 0 Å². The van der Waals surface area contributed by atoms with Crippen LogP contribution in [0.2, 0.25) is 0 Å². The van der Waals surface area contributed by atoms with Crippen LogP contribution in [0.3, 0.4) is 0 Å². The fourth-order valence-corrected chi connectivity index (χ4v) is 5.22. The molecule has 1 heterocycles. The topological polar surface area (TPSA) is 116 Å². The number of rotatable bonds is 9. The van der Waals surface area contributed by atoms with E-state index in [4.69, 9.17) is 9.90 Å². The van der Waals surface area contributed by atoms with Crippen molar-refractivity contribution in [2.75, 3.05) is 25.0 Å². The van der Waals surface area contributed by atoms with Crippen molar-refractivity contribution in [1.29, 1.82) is 0 Å². The summed E-state index contributed by atoms with van der Waals surface area (Å²) in [6.45, 7) is 4.77. The third-order valence-corrected chi connectivity index (χ3v) is 7.58. The van der Waals surface area contributed by atoms with E-state index in [0.717, 1.165) is 57.3 Å². The van der Waals surface area contributed by atoms with Crippen molar-refractivity contribution in [3.8, 4) is 0 Å². The lowest BCUT2D eigenvalue weighted by Crippen LogP contribution is -2.47. The highest BCUT2D eigenvalue weighted by atomic mass is 32.2. The molecule has 1 saturated heterocycles. The normalized spacial score (nSPS) is 16.4. The predicted molar refractivity (Wildman–Crippen MR) is 139 cm³/mol. The first-order chi connectivity index (χ1) is 19.0. The highest BCUT2D eigenvalue weighted by molar-refractivity contribution is 7.89. The Bertz CT molecular complexity index is 1250. The van der Waals surface area contributed by atoms with E-state index in [1.54, 1.807) is 0 Å². The first kappa shape index (κ1) is 34.0. The highest BCUT2D eigenvalue weighted by Crippen LogP contribution is 2.30. The maximum absolute atomic E-state index is 12.8. The number of benzene rings is 2. The number of halogens is 6. The fraction of sp³-hybridized carbons (Fsp3) is 0.462. The molecule has 1 fully saturated rings. The van der Waals surface area contributed by atoms with Gasteiger partial charge >= 0.3 is 18.3 Å². The van der Waals surface area contributed by atoms with Crippen molar-refractivity contribution in [1.82, 2.24) is 9.62 Å². The number of unbranched alkanes of at least 4 members (excludes halogenated alkanes) is 2. The zero-order valence-corrected chi connectivity index (χ0v) is 22.9. The Balaban J connectivity index is 0.000000745. The van der Waals surface area contributed by atoms with Crippen LogP contribution in [0, 0.1) is 0 Å². The van der Waals surface area contributed by atoms with Gasteiger partial charge in [0, 0.05) is 23.8 Å². The number of carboxylic acids is 1. The lowest BCUT2D eigenvalue weighted by atomic mass is 10.1. The second kappa shape index (κ2) is 14.6. The first-order valence-electron chi connectivity index (χ1n) is 12.7. The van der Waals surface area contributed by atoms with Gasteiger partial charge in [0.05, 0.1) is 10.5 Å². The molecule has 0 saturated carbocycles. The Hall–Kier alpha value is -3.17. The minimum atomic E-state index is -5.08. The van der Waals surface area contributed by atoms with Gasteiger partial charge < -0.3 is 15.3 Å². The van der Waals surface area contributed by atoms with E-state index in [1.165, 1.54) is 36.4 Å². The molecule has 1 aliphatic heterocycles. The SMILES string of the molecule is CCCCCN1CCCC(NS(=O)(=O)c2ccc(C(=O)Nc3ccc(C(F)(F)F)cc3)cc2)C1.O=C(O)C(F)(F)F. The van der Waals surface area contributed by atoms with E-state index in [9.17, 15) is 39.6 Å². The number of nitrogens with zero attached hydrogens (tertiary/aromatic N) is 1. The molecule has 0 bridgehead atoms. The van der Waals surface area contributed by atoms with Crippen LogP contribution in [0.4, 0.5) is 32.0 Å².